The van der Waals surface area contributed by atoms with Crippen molar-refractivity contribution in [2.24, 2.45) is 11.8 Å². The van der Waals surface area contributed by atoms with E-state index in [1.807, 2.05) is 12.3 Å². The van der Waals surface area contributed by atoms with Crippen LogP contribution >= 0.6 is 43.5 Å². The standard InChI is InChI=1S/C25H27Br2ClN2O2/c26-19-10-18-2-1-17-11-20(28)12-21(27)23(17)24(25(18)29-13-19)16-3-6-30(7-4-16)22(31)9-15-5-8-32-14-15/h10-13,15-16,24H,1-9,14H2/t15?,24-/m1/s1. The molecular weight excluding hydrogens is 556 g/mol. The van der Waals surface area contributed by atoms with Gasteiger partial charge in [-0.15, -0.1) is 0 Å². The van der Waals surface area contributed by atoms with Crippen molar-refractivity contribution in [2.45, 2.75) is 44.4 Å². The summed E-state index contributed by atoms with van der Waals surface area (Å²) < 4.78 is 7.55. The number of rotatable bonds is 3. The van der Waals surface area contributed by atoms with E-state index in [-0.39, 0.29) is 11.8 Å². The molecule has 3 heterocycles. The van der Waals surface area contributed by atoms with Crippen LogP contribution in [0.15, 0.2) is 33.3 Å². The number of aromatic nitrogens is 1. The number of halogens is 3. The summed E-state index contributed by atoms with van der Waals surface area (Å²) in [6, 6.07) is 6.36. The zero-order valence-electron chi connectivity index (χ0n) is 18.0. The number of nitrogens with zero attached hydrogens (tertiary/aromatic N) is 2. The Morgan fingerprint density at radius 1 is 1.12 bits per heavy atom. The van der Waals surface area contributed by atoms with Crippen LogP contribution in [-0.2, 0) is 22.4 Å². The summed E-state index contributed by atoms with van der Waals surface area (Å²) in [5, 5.41) is 0.769. The molecule has 2 atom stereocenters. The molecule has 170 valence electrons. The molecular formula is C25H27Br2ClN2O2. The summed E-state index contributed by atoms with van der Waals surface area (Å²) in [7, 11) is 0. The van der Waals surface area contributed by atoms with E-state index in [9.17, 15) is 4.79 Å². The molecule has 2 saturated heterocycles. The Hall–Kier alpha value is -0.950. The van der Waals surface area contributed by atoms with Gasteiger partial charge >= 0.3 is 0 Å². The Morgan fingerprint density at radius 3 is 2.66 bits per heavy atom. The largest absolute Gasteiger partial charge is 0.381 e. The first-order valence-corrected chi connectivity index (χ1v) is 13.4. The summed E-state index contributed by atoms with van der Waals surface area (Å²) in [6.07, 6.45) is 7.44. The Morgan fingerprint density at radius 2 is 1.91 bits per heavy atom. The zero-order chi connectivity index (χ0) is 22.2. The third kappa shape index (κ3) is 4.66. The van der Waals surface area contributed by atoms with Gasteiger partial charge in [0.2, 0.25) is 5.91 Å². The summed E-state index contributed by atoms with van der Waals surface area (Å²) >= 11 is 13.9. The fourth-order valence-corrected chi connectivity index (χ4v) is 7.13. The molecule has 4 nitrogen and oxygen atoms in total. The third-order valence-electron chi connectivity index (χ3n) is 7.27. The van der Waals surface area contributed by atoms with Crippen molar-refractivity contribution in [3.63, 3.8) is 0 Å². The molecule has 3 aliphatic rings. The number of hydrogen-bond acceptors (Lipinski definition) is 3. The molecule has 0 bridgehead atoms. The molecule has 1 aromatic heterocycles. The second-order valence-electron chi connectivity index (χ2n) is 9.29. The van der Waals surface area contributed by atoms with Gasteiger partial charge < -0.3 is 9.64 Å². The van der Waals surface area contributed by atoms with Gasteiger partial charge in [0.05, 0.1) is 5.69 Å². The maximum Gasteiger partial charge on any atom is 0.222 e. The molecule has 2 aliphatic heterocycles. The van der Waals surface area contributed by atoms with Crippen LogP contribution in [0.1, 0.15) is 54.0 Å². The molecule has 0 radical (unpaired) electrons. The molecule has 7 heteroatoms. The summed E-state index contributed by atoms with van der Waals surface area (Å²) in [4.78, 5) is 19.8. The first kappa shape index (κ1) is 22.8. The minimum atomic E-state index is 0.211. The van der Waals surface area contributed by atoms with Crippen molar-refractivity contribution >= 4 is 49.4 Å². The number of ether oxygens (including phenoxy) is 1. The summed E-state index contributed by atoms with van der Waals surface area (Å²) in [6.45, 7) is 3.16. The van der Waals surface area contributed by atoms with E-state index in [0.29, 0.717) is 18.3 Å². The number of likely N-dealkylation sites (tertiary alicyclic amines) is 1. The number of carbonyl (C=O) groups excluding carboxylic acids is 1. The Labute approximate surface area is 211 Å². The van der Waals surface area contributed by atoms with Gasteiger partial charge in [-0.2, -0.15) is 0 Å². The molecule has 2 fully saturated rings. The van der Waals surface area contributed by atoms with Crippen LogP contribution in [0.25, 0.3) is 0 Å². The highest BCUT2D eigenvalue weighted by Gasteiger charge is 2.36. The molecule has 0 saturated carbocycles. The molecule has 1 aromatic carbocycles. The maximum atomic E-state index is 12.8. The maximum absolute atomic E-state index is 12.8. The normalized spacial score (nSPS) is 23.5. The topological polar surface area (TPSA) is 42.4 Å². The molecule has 1 amide bonds. The van der Waals surface area contributed by atoms with Gasteiger partial charge in [0.1, 0.15) is 0 Å². The van der Waals surface area contributed by atoms with Crippen molar-refractivity contribution in [1.82, 2.24) is 9.88 Å². The van der Waals surface area contributed by atoms with Gasteiger partial charge in [0, 0.05) is 58.8 Å². The van der Waals surface area contributed by atoms with Gasteiger partial charge in [0.25, 0.3) is 0 Å². The van der Waals surface area contributed by atoms with Crippen LogP contribution < -0.4 is 0 Å². The highest BCUT2D eigenvalue weighted by Crippen LogP contribution is 2.46. The fraction of sp³-hybridized carbons (Fsp3) is 0.520. The average Bonchev–Trinajstić information content (AvgIpc) is 3.22. The van der Waals surface area contributed by atoms with Crippen LogP contribution in [-0.4, -0.2) is 42.1 Å². The summed E-state index contributed by atoms with van der Waals surface area (Å²) in [5.41, 5.74) is 5.13. The molecule has 5 rings (SSSR count). The fourth-order valence-electron chi connectivity index (χ4n) is 5.63. The Kier molecular flexibility index (Phi) is 6.94. The van der Waals surface area contributed by atoms with Crippen LogP contribution in [0.5, 0.6) is 0 Å². The molecule has 2 aromatic rings. The molecule has 0 spiro atoms. The Balaban J connectivity index is 1.41. The number of amides is 1. The van der Waals surface area contributed by atoms with E-state index >= 15 is 0 Å². The number of piperidine rings is 1. The quantitative estimate of drug-likeness (QED) is 0.436. The number of hydrogen-bond donors (Lipinski definition) is 0. The lowest BCUT2D eigenvalue weighted by molar-refractivity contribution is -0.133. The number of carbonyl (C=O) groups is 1. The average molecular weight is 583 g/mol. The van der Waals surface area contributed by atoms with E-state index in [1.54, 1.807) is 0 Å². The predicted molar refractivity (Wildman–Crippen MR) is 133 cm³/mol. The zero-order valence-corrected chi connectivity index (χ0v) is 21.9. The van der Waals surface area contributed by atoms with Gasteiger partial charge in [-0.3, -0.25) is 9.78 Å². The smallest absolute Gasteiger partial charge is 0.222 e. The predicted octanol–water partition coefficient (Wildman–Crippen LogP) is 6.16. The first-order chi connectivity index (χ1) is 15.5. The third-order valence-corrected chi connectivity index (χ3v) is 8.58. The minimum Gasteiger partial charge on any atom is -0.381 e. The van der Waals surface area contributed by atoms with Gasteiger partial charge in [-0.1, -0.05) is 27.5 Å². The highest BCUT2D eigenvalue weighted by atomic mass is 79.9. The lowest BCUT2D eigenvalue weighted by atomic mass is 9.76. The van der Waals surface area contributed by atoms with E-state index in [0.717, 1.165) is 72.4 Å². The van der Waals surface area contributed by atoms with Crippen molar-refractivity contribution < 1.29 is 9.53 Å². The lowest BCUT2D eigenvalue weighted by Gasteiger charge is -2.37. The SMILES string of the molecule is O=C(CC1CCOC1)N1CCC([C@H]2c3ncc(Br)cc3CCc3cc(Cl)cc(Br)c32)CC1. The number of fused-ring (bicyclic) bond motifs is 2. The van der Waals surface area contributed by atoms with Crippen molar-refractivity contribution in [2.75, 3.05) is 26.3 Å². The second kappa shape index (κ2) is 9.73. The van der Waals surface area contributed by atoms with Gasteiger partial charge in [0.15, 0.2) is 0 Å². The van der Waals surface area contributed by atoms with E-state index in [4.69, 9.17) is 21.3 Å². The van der Waals surface area contributed by atoms with Crippen molar-refractivity contribution in [3.05, 3.63) is 60.7 Å². The minimum absolute atomic E-state index is 0.211. The molecule has 1 aliphatic carbocycles. The first-order valence-electron chi connectivity index (χ1n) is 11.5. The van der Waals surface area contributed by atoms with Crippen LogP contribution in [0.2, 0.25) is 5.02 Å². The van der Waals surface area contributed by atoms with Crippen molar-refractivity contribution in [1.29, 1.82) is 0 Å². The molecule has 32 heavy (non-hydrogen) atoms. The van der Waals surface area contributed by atoms with E-state index < -0.39 is 0 Å². The molecule has 1 unspecified atom stereocenters. The Bertz CT molecular complexity index is 1020. The van der Waals surface area contributed by atoms with Crippen LogP contribution in [0.3, 0.4) is 0 Å². The van der Waals surface area contributed by atoms with E-state index in [1.165, 1.54) is 22.4 Å². The van der Waals surface area contributed by atoms with Crippen LogP contribution in [0, 0.1) is 11.8 Å². The number of benzene rings is 1. The van der Waals surface area contributed by atoms with Crippen molar-refractivity contribution in [3.8, 4) is 0 Å². The molecule has 0 N–H and O–H groups in total. The highest BCUT2D eigenvalue weighted by molar-refractivity contribution is 9.10. The monoisotopic (exact) mass is 580 g/mol. The number of aryl methyl sites for hydroxylation is 2. The summed E-state index contributed by atoms with van der Waals surface area (Å²) in [5.74, 6) is 1.33. The van der Waals surface area contributed by atoms with Gasteiger partial charge in [-0.05, 0) is 94.8 Å². The second-order valence-corrected chi connectivity index (χ2v) is 11.5. The lowest BCUT2D eigenvalue weighted by Crippen LogP contribution is -2.40. The van der Waals surface area contributed by atoms with E-state index in [2.05, 4.69) is 48.9 Å². The van der Waals surface area contributed by atoms with Crippen LogP contribution in [0.4, 0.5) is 0 Å². The van der Waals surface area contributed by atoms with Gasteiger partial charge in [-0.25, -0.2) is 0 Å². The number of pyridine rings is 1.